The fourth-order valence-electron chi connectivity index (χ4n) is 3.94. The van der Waals surface area contributed by atoms with Gasteiger partial charge in [-0.3, -0.25) is 14.7 Å². The van der Waals surface area contributed by atoms with Crippen molar-refractivity contribution >= 4 is 22.8 Å². The Kier molecular flexibility index (Phi) is 7.11. The number of amides is 1. The van der Waals surface area contributed by atoms with Crippen LogP contribution in [0.15, 0.2) is 36.4 Å². The number of carbonyl (C=O) groups excluding carboxylic acids is 1. The molecule has 2 saturated heterocycles. The fourth-order valence-corrected chi connectivity index (χ4v) is 3.94. The number of aromatic nitrogens is 1. The number of halogens is 3. The lowest BCUT2D eigenvalue weighted by molar-refractivity contribution is -0.192. The van der Waals surface area contributed by atoms with Gasteiger partial charge in [-0.15, -0.1) is 0 Å². The normalized spacial score (nSPS) is 23.2. The van der Waals surface area contributed by atoms with E-state index in [9.17, 15) is 18.0 Å². The largest absolute Gasteiger partial charge is 0.490 e. The average molecular weight is 439 g/mol. The predicted octanol–water partition coefficient (Wildman–Crippen LogP) is 2.59. The molecular weight excluding hydrogens is 415 g/mol. The van der Waals surface area contributed by atoms with E-state index in [2.05, 4.69) is 34.5 Å². The third-order valence-corrected chi connectivity index (χ3v) is 5.37. The molecule has 0 saturated carbocycles. The molecule has 2 fully saturated rings. The highest BCUT2D eigenvalue weighted by atomic mass is 19.4. The quantitative estimate of drug-likeness (QED) is 0.761. The van der Waals surface area contributed by atoms with Gasteiger partial charge in [0.15, 0.2) is 0 Å². The van der Waals surface area contributed by atoms with E-state index in [0.29, 0.717) is 12.3 Å². The Labute approximate surface area is 177 Å². The number of aliphatic carboxylic acids is 1. The first kappa shape index (κ1) is 23.0. The number of alkyl halides is 3. The second-order valence-electron chi connectivity index (χ2n) is 7.66. The zero-order valence-corrected chi connectivity index (χ0v) is 16.9. The van der Waals surface area contributed by atoms with Crippen molar-refractivity contribution in [1.29, 1.82) is 0 Å². The molecule has 3 heterocycles. The topological polar surface area (TPSA) is 91.8 Å². The van der Waals surface area contributed by atoms with Gasteiger partial charge in [0.25, 0.3) is 0 Å². The van der Waals surface area contributed by atoms with Crippen molar-refractivity contribution in [2.75, 3.05) is 20.1 Å². The summed E-state index contributed by atoms with van der Waals surface area (Å²) in [6.45, 7) is 2.83. The first-order valence-corrected chi connectivity index (χ1v) is 9.89. The van der Waals surface area contributed by atoms with E-state index in [-0.39, 0.29) is 18.1 Å². The standard InChI is InChI=1S/C19H23N3O2.C2HF3O2/c1-20-19(23)9-16-8-14-10-22(12-18(14)24-16)11-15-7-6-13-4-2-3-5-17(13)21-15;3-2(4,5)1(6)7/h2-7,14,16,18H,8-12H2,1H3,(H,20,23);(H,6,7)/t14-,16+,18+;/m0./s1. The molecule has 1 aromatic heterocycles. The molecule has 4 rings (SSSR count). The van der Waals surface area contributed by atoms with Gasteiger partial charge in [-0.1, -0.05) is 24.3 Å². The van der Waals surface area contributed by atoms with Crippen LogP contribution in [0.1, 0.15) is 18.5 Å². The molecule has 0 aliphatic carbocycles. The summed E-state index contributed by atoms with van der Waals surface area (Å²) in [5, 5.41) is 11.0. The molecular formula is C21H24F3N3O4. The molecule has 2 aliphatic heterocycles. The third-order valence-electron chi connectivity index (χ3n) is 5.37. The highest BCUT2D eigenvalue weighted by molar-refractivity contribution is 5.78. The van der Waals surface area contributed by atoms with Crippen molar-refractivity contribution in [1.82, 2.24) is 15.2 Å². The van der Waals surface area contributed by atoms with Crippen LogP contribution in [0.25, 0.3) is 10.9 Å². The SMILES string of the molecule is CNC(=O)C[C@H]1C[C@H]2CN(Cc3ccc4ccccc4n3)C[C@H]2O1.O=C(O)C(F)(F)F. The zero-order valence-electron chi connectivity index (χ0n) is 16.9. The van der Waals surface area contributed by atoms with Crippen molar-refractivity contribution in [3.05, 3.63) is 42.1 Å². The number of rotatable bonds is 4. The Morgan fingerprint density at radius 1 is 1.23 bits per heavy atom. The Bertz CT molecular complexity index is 923. The number of nitrogens with one attached hydrogen (secondary N) is 1. The molecule has 31 heavy (non-hydrogen) atoms. The zero-order chi connectivity index (χ0) is 22.6. The second-order valence-corrected chi connectivity index (χ2v) is 7.66. The summed E-state index contributed by atoms with van der Waals surface area (Å²) in [6.07, 6.45) is -3.27. The van der Waals surface area contributed by atoms with Crippen LogP contribution in [0.5, 0.6) is 0 Å². The van der Waals surface area contributed by atoms with Gasteiger partial charge in [0.2, 0.25) is 5.91 Å². The molecule has 7 nitrogen and oxygen atoms in total. The number of fused-ring (bicyclic) bond motifs is 2. The Morgan fingerprint density at radius 2 is 1.94 bits per heavy atom. The minimum absolute atomic E-state index is 0.0668. The maximum atomic E-state index is 11.5. The molecule has 2 aliphatic rings. The highest BCUT2D eigenvalue weighted by Gasteiger charge is 2.42. The summed E-state index contributed by atoms with van der Waals surface area (Å²) < 4.78 is 37.8. The maximum absolute atomic E-state index is 11.5. The summed E-state index contributed by atoms with van der Waals surface area (Å²) in [5.41, 5.74) is 2.16. The predicted molar refractivity (Wildman–Crippen MR) is 106 cm³/mol. The van der Waals surface area contributed by atoms with Crippen LogP contribution in [0.4, 0.5) is 13.2 Å². The maximum Gasteiger partial charge on any atom is 0.490 e. The summed E-state index contributed by atoms with van der Waals surface area (Å²) >= 11 is 0. The molecule has 0 bridgehead atoms. The molecule has 0 unspecified atom stereocenters. The van der Waals surface area contributed by atoms with E-state index in [4.69, 9.17) is 19.6 Å². The van der Waals surface area contributed by atoms with Crippen molar-refractivity contribution < 1.29 is 32.6 Å². The van der Waals surface area contributed by atoms with Crippen molar-refractivity contribution in [2.45, 2.75) is 37.8 Å². The minimum atomic E-state index is -5.08. The van der Waals surface area contributed by atoms with Crippen LogP contribution < -0.4 is 5.32 Å². The molecule has 1 aromatic carbocycles. The molecule has 3 atom stereocenters. The van der Waals surface area contributed by atoms with Gasteiger partial charge < -0.3 is 15.2 Å². The molecule has 2 aromatic rings. The fraction of sp³-hybridized carbons (Fsp3) is 0.476. The van der Waals surface area contributed by atoms with Crippen molar-refractivity contribution in [3.8, 4) is 0 Å². The van der Waals surface area contributed by atoms with Crippen LogP contribution in [0.3, 0.4) is 0 Å². The number of nitrogens with zero attached hydrogens (tertiary/aromatic N) is 2. The Hall–Kier alpha value is -2.72. The lowest BCUT2D eigenvalue weighted by atomic mass is 10.0. The number of carboxylic acids is 1. The summed E-state index contributed by atoms with van der Waals surface area (Å²) in [5.74, 6) is -2.15. The van der Waals surface area contributed by atoms with Crippen LogP contribution in [0, 0.1) is 5.92 Å². The number of pyridine rings is 1. The molecule has 10 heteroatoms. The van der Waals surface area contributed by atoms with E-state index >= 15 is 0 Å². The lowest BCUT2D eigenvalue weighted by Crippen LogP contribution is -2.28. The van der Waals surface area contributed by atoms with E-state index in [1.807, 2.05) is 12.1 Å². The van der Waals surface area contributed by atoms with Crippen LogP contribution in [-0.4, -0.2) is 65.4 Å². The van der Waals surface area contributed by atoms with Gasteiger partial charge in [-0.25, -0.2) is 4.79 Å². The number of likely N-dealkylation sites (tertiary alicyclic amines) is 1. The number of carbonyl (C=O) groups is 2. The number of hydrogen-bond acceptors (Lipinski definition) is 5. The minimum Gasteiger partial charge on any atom is -0.475 e. The molecule has 2 N–H and O–H groups in total. The average Bonchev–Trinajstić information content (AvgIpc) is 3.25. The van der Waals surface area contributed by atoms with Crippen LogP contribution in [-0.2, 0) is 20.9 Å². The Balaban J connectivity index is 0.000000339. The smallest absolute Gasteiger partial charge is 0.475 e. The van der Waals surface area contributed by atoms with Gasteiger partial charge in [-0.05, 0) is 18.6 Å². The Morgan fingerprint density at radius 3 is 2.58 bits per heavy atom. The van der Waals surface area contributed by atoms with Crippen LogP contribution >= 0.6 is 0 Å². The van der Waals surface area contributed by atoms with Gasteiger partial charge >= 0.3 is 12.1 Å². The van der Waals surface area contributed by atoms with E-state index < -0.39 is 12.1 Å². The number of hydrogen-bond donors (Lipinski definition) is 2. The van der Waals surface area contributed by atoms with Crippen molar-refractivity contribution in [3.63, 3.8) is 0 Å². The monoisotopic (exact) mass is 439 g/mol. The molecule has 1 amide bonds. The first-order chi connectivity index (χ1) is 14.7. The first-order valence-electron chi connectivity index (χ1n) is 9.89. The van der Waals surface area contributed by atoms with Crippen LogP contribution in [0.2, 0.25) is 0 Å². The third kappa shape index (κ3) is 6.14. The van der Waals surface area contributed by atoms with Gasteiger partial charge in [0, 0.05) is 38.0 Å². The number of para-hydroxylation sites is 1. The second kappa shape index (κ2) is 9.61. The highest BCUT2D eigenvalue weighted by Crippen LogP contribution is 2.34. The van der Waals surface area contributed by atoms with E-state index in [0.717, 1.165) is 37.3 Å². The lowest BCUT2D eigenvalue weighted by Gasteiger charge is -2.18. The summed E-state index contributed by atoms with van der Waals surface area (Å²) in [7, 11) is 1.68. The van der Waals surface area contributed by atoms with Gasteiger partial charge in [0.05, 0.1) is 29.8 Å². The summed E-state index contributed by atoms with van der Waals surface area (Å²) in [4.78, 5) is 27.6. The number of ether oxygens (including phenoxy) is 1. The van der Waals surface area contributed by atoms with Gasteiger partial charge in [0.1, 0.15) is 0 Å². The van der Waals surface area contributed by atoms with E-state index in [1.165, 1.54) is 5.39 Å². The molecule has 168 valence electrons. The number of carboxylic acid groups (broad SMARTS) is 1. The summed E-state index contributed by atoms with van der Waals surface area (Å²) in [6, 6.07) is 12.5. The van der Waals surface area contributed by atoms with Crippen molar-refractivity contribution in [2.24, 2.45) is 5.92 Å². The molecule has 0 spiro atoms. The van der Waals surface area contributed by atoms with E-state index in [1.54, 1.807) is 7.05 Å². The van der Waals surface area contributed by atoms with Gasteiger partial charge in [-0.2, -0.15) is 13.2 Å². The number of benzene rings is 1. The molecule has 0 radical (unpaired) electrons.